The van der Waals surface area contributed by atoms with Crippen molar-refractivity contribution in [3.8, 4) is 0 Å². The lowest BCUT2D eigenvalue weighted by atomic mass is 10.1. The van der Waals surface area contributed by atoms with Crippen molar-refractivity contribution >= 4 is 17.8 Å². The Morgan fingerprint density at radius 2 is 1.24 bits per heavy atom. The number of rotatable bonds is 15. The highest BCUT2D eigenvalue weighted by Crippen LogP contribution is 2.10. The summed E-state index contributed by atoms with van der Waals surface area (Å²) in [5.74, 6) is -2.02. The zero-order valence-corrected chi connectivity index (χ0v) is 16.1. The van der Waals surface area contributed by atoms with Gasteiger partial charge in [0.1, 0.15) is 0 Å². The van der Waals surface area contributed by atoms with Gasteiger partial charge in [-0.05, 0) is 13.3 Å². The molecule has 0 heterocycles. The first kappa shape index (κ1) is 23.4. The van der Waals surface area contributed by atoms with Gasteiger partial charge < -0.3 is 14.8 Å². The van der Waals surface area contributed by atoms with Crippen LogP contribution < -0.4 is 5.32 Å². The van der Waals surface area contributed by atoms with E-state index in [0.29, 0.717) is 0 Å². The van der Waals surface area contributed by atoms with Gasteiger partial charge in [-0.15, -0.1) is 0 Å². The Balaban J connectivity index is 3.78. The Kier molecular flexibility index (Phi) is 14.9. The van der Waals surface area contributed by atoms with Gasteiger partial charge >= 0.3 is 11.9 Å². The Bertz CT molecular complexity index is 384. The molecule has 1 N–H and O–H groups in total. The molecule has 1 atom stereocenters. The van der Waals surface area contributed by atoms with E-state index in [-0.39, 0.29) is 13.2 Å². The molecular weight excluding hydrogens is 322 g/mol. The van der Waals surface area contributed by atoms with Crippen LogP contribution in [0.1, 0.15) is 85.0 Å². The molecule has 25 heavy (non-hydrogen) atoms. The molecule has 0 aromatic carbocycles. The summed E-state index contributed by atoms with van der Waals surface area (Å²) >= 11 is 0. The lowest BCUT2D eigenvalue weighted by Gasteiger charge is -2.15. The Labute approximate surface area is 152 Å². The van der Waals surface area contributed by atoms with Crippen LogP contribution in [0.2, 0.25) is 0 Å². The van der Waals surface area contributed by atoms with Crippen LogP contribution in [0.25, 0.3) is 0 Å². The van der Waals surface area contributed by atoms with E-state index >= 15 is 0 Å². The summed E-state index contributed by atoms with van der Waals surface area (Å²) < 4.78 is 9.87. The van der Waals surface area contributed by atoms with Gasteiger partial charge in [0.2, 0.25) is 11.9 Å². The zero-order valence-electron chi connectivity index (χ0n) is 16.1. The zero-order chi connectivity index (χ0) is 18.9. The molecule has 0 rings (SSSR count). The monoisotopic (exact) mass is 357 g/mol. The fourth-order valence-electron chi connectivity index (χ4n) is 2.49. The van der Waals surface area contributed by atoms with Crippen LogP contribution in [-0.2, 0) is 23.9 Å². The van der Waals surface area contributed by atoms with Gasteiger partial charge in [0.25, 0.3) is 0 Å². The SMILES string of the molecule is CCCCCCCCCCCCOC(=O)C(NC(C)=O)C(=O)OCC. The van der Waals surface area contributed by atoms with Gasteiger partial charge in [0, 0.05) is 6.92 Å². The van der Waals surface area contributed by atoms with Crippen LogP contribution in [0, 0.1) is 0 Å². The smallest absolute Gasteiger partial charge is 0.340 e. The van der Waals surface area contributed by atoms with Crippen molar-refractivity contribution < 1.29 is 23.9 Å². The molecular formula is C19H35NO5. The fraction of sp³-hybridized carbons (Fsp3) is 0.842. The third kappa shape index (κ3) is 13.4. The highest BCUT2D eigenvalue weighted by atomic mass is 16.6. The van der Waals surface area contributed by atoms with Crippen LogP contribution >= 0.6 is 0 Å². The molecule has 0 saturated carbocycles. The number of esters is 2. The number of hydrogen-bond acceptors (Lipinski definition) is 5. The maximum absolute atomic E-state index is 11.9. The van der Waals surface area contributed by atoms with Crippen LogP contribution in [0.5, 0.6) is 0 Å². The molecule has 1 amide bonds. The second-order valence-corrected chi connectivity index (χ2v) is 6.24. The van der Waals surface area contributed by atoms with E-state index in [1.54, 1.807) is 6.92 Å². The van der Waals surface area contributed by atoms with E-state index in [0.717, 1.165) is 19.3 Å². The van der Waals surface area contributed by atoms with Crippen molar-refractivity contribution in [1.82, 2.24) is 5.32 Å². The molecule has 0 aliphatic heterocycles. The lowest BCUT2D eigenvalue weighted by Crippen LogP contribution is -2.47. The minimum absolute atomic E-state index is 0.140. The summed E-state index contributed by atoms with van der Waals surface area (Å²) in [4.78, 5) is 34.7. The van der Waals surface area contributed by atoms with Crippen LogP contribution in [-0.4, -0.2) is 37.1 Å². The average Bonchev–Trinajstić information content (AvgIpc) is 2.57. The summed E-state index contributed by atoms with van der Waals surface area (Å²) in [5, 5.41) is 2.27. The molecule has 6 heteroatoms. The molecule has 0 spiro atoms. The number of amides is 1. The number of ether oxygens (including phenoxy) is 2. The highest BCUT2D eigenvalue weighted by molar-refractivity contribution is 6.02. The summed E-state index contributed by atoms with van der Waals surface area (Å²) in [5.41, 5.74) is 0. The molecule has 1 unspecified atom stereocenters. The maximum Gasteiger partial charge on any atom is 0.340 e. The summed E-state index contributed by atoms with van der Waals surface area (Å²) in [7, 11) is 0. The first-order valence-corrected chi connectivity index (χ1v) is 9.63. The normalized spacial score (nSPS) is 11.6. The van der Waals surface area contributed by atoms with Gasteiger partial charge in [-0.1, -0.05) is 64.7 Å². The molecule has 0 saturated heterocycles. The Morgan fingerprint density at radius 3 is 1.72 bits per heavy atom. The molecule has 0 fully saturated rings. The number of nitrogens with one attached hydrogen (secondary N) is 1. The molecule has 0 aromatic rings. The van der Waals surface area contributed by atoms with Crippen molar-refractivity contribution in [2.45, 2.75) is 91.0 Å². The Hall–Kier alpha value is -1.59. The van der Waals surface area contributed by atoms with Crippen LogP contribution in [0.4, 0.5) is 0 Å². The molecule has 0 aliphatic carbocycles. The minimum atomic E-state index is -1.37. The Morgan fingerprint density at radius 1 is 0.760 bits per heavy atom. The third-order valence-corrected chi connectivity index (χ3v) is 3.85. The predicted octanol–water partition coefficient (Wildman–Crippen LogP) is 3.52. The predicted molar refractivity (Wildman–Crippen MR) is 97.0 cm³/mol. The van der Waals surface area contributed by atoms with Crippen molar-refractivity contribution in [2.24, 2.45) is 0 Å². The molecule has 0 bridgehead atoms. The van der Waals surface area contributed by atoms with Crippen molar-refractivity contribution in [2.75, 3.05) is 13.2 Å². The van der Waals surface area contributed by atoms with E-state index in [1.807, 2.05) is 0 Å². The first-order chi connectivity index (χ1) is 12.0. The lowest BCUT2D eigenvalue weighted by molar-refractivity contribution is -0.159. The summed E-state index contributed by atoms with van der Waals surface area (Å²) in [6, 6.07) is -1.37. The largest absolute Gasteiger partial charge is 0.464 e. The second kappa shape index (κ2) is 15.9. The summed E-state index contributed by atoms with van der Waals surface area (Å²) in [6.07, 6.45) is 11.9. The standard InChI is InChI=1S/C19H35NO5/c1-4-6-7-8-9-10-11-12-13-14-15-25-19(23)17(20-16(3)21)18(22)24-5-2/h17H,4-15H2,1-3H3,(H,20,21). The van der Waals surface area contributed by atoms with E-state index in [4.69, 9.17) is 9.47 Å². The van der Waals surface area contributed by atoms with E-state index < -0.39 is 23.9 Å². The van der Waals surface area contributed by atoms with Gasteiger partial charge in [-0.2, -0.15) is 0 Å². The van der Waals surface area contributed by atoms with Gasteiger partial charge in [0.05, 0.1) is 13.2 Å². The van der Waals surface area contributed by atoms with Crippen LogP contribution in [0.3, 0.4) is 0 Å². The topological polar surface area (TPSA) is 81.7 Å². The number of hydrogen-bond donors (Lipinski definition) is 1. The molecule has 0 aromatic heterocycles. The molecule has 0 aliphatic rings. The van der Waals surface area contributed by atoms with Crippen molar-refractivity contribution in [1.29, 1.82) is 0 Å². The second-order valence-electron chi connectivity index (χ2n) is 6.24. The number of carbonyl (C=O) groups excluding carboxylic acids is 3. The number of unbranched alkanes of at least 4 members (excludes halogenated alkanes) is 9. The first-order valence-electron chi connectivity index (χ1n) is 9.63. The van der Waals surface area contributed by atoms with Gasteiger partial charge in [-0.25, -0.2) is 9.59 Å². The van der Waals surface area contributed by atoms with Crippen LogP contribution in [0.15, 0.2) is 0 Å². The number of carbonyl (C=O) groups is 3. The average molecular weight is 357 g/mol. The summed E-state index contributed by atoms with van der Waals surface area (Å²) in [6.45, 7) is 5.49. The fourth-order valence-corrected chi connectivity index (χ4v) is 2.49. The molecule has 146 valence electrons. The van der Waals surface area contributed by atoms with E-state index in [2.05, 4.69) is 12.2 Å². The molecule has 6 nitrogen and oxygen atoms in total. The highest BCUT2D eigenvalue weighted by Gasteiger charge is 2.30. The van der Waals surface area contributed by atoms with E-state index in [9.17, 15) is 14.4 Å². The van der Waals surface area contributed by atoms with Gasteiger partial charge in [0.15, 0.2) is 0 Å². The van der Waals surface area contributed by atoms with E-state index in [1.165, 1.54) is 51.9 Å². The van der Waals surface area contributed by atoms with Crippen molar-refractivity contribution in [3.63, 3.8) is 0 Å². The maximum atomic E-state index is 11.9. The minimum Gasteiger partial charge on any atom is -0.464 e. The van der Waals surface area contributed by atoms with Gasteiger partial charge in [-0.3, -0.25) is 4.79 Å². The van der Waals surface area contributed by atoms with Crippen molar-refractivity contribution in [3.05, 3.63) is 0 Å². The third-order valence-electron chi connectivity index (χ3n) is 3.85. The molecule has 0 radical (unpaired) electrons. The quantitative estimate of drug-likeness (QED) is 0.275.